The maximum atomic E-state index is 12.5. The van der Waals surface area contributed by atoms with Crippen LogP contribution in [-0.2, 0) is 6.54 Å². The quantitative estimate of drug-likeness (QED) is 0.856. The lowest BCUT2D eigenvalue weighted by Gasteiger charge is -2.11. The van der Waals surface area contributed by atoms with Crippen LogP contribution in [0, 0.1) is 0 Å². The number of carbonyl (C=O) groups is 1. The lowest BCUT2D eigenvalue weighted by Crippen LogP contribution is -2.23. The summed E-state index contributed by atoms with van der Waals surface area (Å²) in [6.07, 6.45) is 0. The molecule has 1 amide bonds. The summed E-state index contributed by atoms with van der Waals surface area (Å²) in [6.45, 7) is 0.269. The Morgan fingerprint density at radius 1 is 1.00 bits per heavy atom. The molecular weight excluding hydrogens is 299 g/mol. The molecule has 2 aromatic rings. The monoisotopic (exact) mass is 311 g/mol. The number of alkyl halides is 3. The molecule has 0 spiro atoms. The first-order chi connectivity index (χ1) is 9.96. The molecule has 21 heavy (non-hydrogen) atoms. The van der Waals surface area contributed by atoms with Gasteiger partial charge in [0.2, 0.25) is 0 Å². The van der Waals surface area contributed by atoms with Crippen molar-refractivity contribution in [3.63, 3.8) is 0 Å². The zero-order valence-corrected chi connectivity index (χ0v) is 11.7. The number of halogens is 3. The number of thioether (sulfide) groups is 1. The molecule has 0 unspecified atom stereocenters. The third-order valence-electron chi connectivity index (χ3n) is 2.65. The number of hydrogen-bond acceptors (Lipinski definition) is 2. The van der Waals surface area contributed by atoms with E-state index in [4.69, 9.17) is 0 Å². The second-order valence-corrected chi connectivity index (χ2v) is 5.32. The second-order valence-electron chi connectivity index (χ2n) is 4.21. The van der Waals surface area contributed by atoms with Gasteiger partial charge in [0, 0.05) is 11.4 Å². The Balaban J connectivity index is 2.09. The Morgan fingerprint density at radius 3 is 2.29 bits per heavy atom. The molecule has 2 nitrogen and oxygen atoms in total. The Labute approximate surface area is 124 Å². The van der Waals surface area contributed by atoms with E-state index in [9.17, 15) is 18.0 Å². The highest BCUT2D eigenvalue weighted by Gasteiger charge is 2.31. The van der Waals surface area contributed by atoms with E-state index in [1.807, 2.05) is 30.3 Å². The minimum Gasteiger partial charge on any atom is -0.348 e. The van der Waals surface area contributed by atoms with Gasteiger partial charge in [-0.3, -0.25) is 4.79 Å². The van der Waals surface area contributed by atoms with Crippen LogP contribution in [0.1, 0.15) is 15.9 Å². The minimum atomic E-state index is -4.42. The van der Waals surface area contributed by atoms with Crippen molar-refractivity contribution < 1.29 is 18.0 Å². The predicted molar refractivity (Wildman–Crippen MR) is 76.0 cm³/mol. The Bertz CT molecular complexity index is 614. The number of rotatable bonds is 4. The predicted octanol–water partition coefficient (Wildman–Crippen LogP) is 4.23. The van der Waals surface area contributed by atoms with Crippen LogP contribution < -0.4 is 5.32 Å². The fourth-order valence-electron chi connectivity index (χ4n) is 1.74. The van der Waals surface area contributed by atoms with Crippen molar-refractivity contribution in [2.75, 3.05) is 0 Å². The van der Waals surface area contributed by atoms with Gasteiger partial charge < -0.3 is 5.32 Å². The Hall–Kier alpha value is -1.95. The third kappa shape index (κ3) is 4.82. The minimum absolute atomic E-state index is 0.0238. The molecule has 1 N–H and O–H groups in total. The molecule has 2 aromatic carbocycles. The molecular formula is C15H12F3NOS. The first-order valence-corrected chi connectivity index (χ1v) is 6.94. The molecule has 0 aliphatic carbocycles. The van der Waals surface area contributed by atoms with Crippen LogP contribution in [0.5, 0.6) is 0 Å². The van der Waals surface area contributed by atoms with E-state index in [-0.39, 0.29) is 28.8 Å². The van der Waals surface area contributed by atoms with Gasteiger partial charge in [0.05, 0.1) is 5.56 Å². The van der Waals surface area contributed by atoms with Crippen LogP contribution in [0.4, 0.5) is 13.2 Å². The van der Waals surface area contributed by atoms with Gasteiger partial charge in [0.15, 0.2) is 0 Å². The highest BCUT2D eigenvalue weighted by molar-refractivity contribution is 8.00. The summed E-state index contributed by atoms with van der Waals surface area (Å²) in [5.41, 5.74) is -3.52. The van der Waals surface area contributed by atoms with Crippen LogP contribution in [0.2, 0.25) is 0 Å². The maximum Gasteiger partial charge on any atom is 0.446 e. The van der Waals surface area contributed by atoms with E-state index < -0.39 is 11.4 Å². The smallest absolute Gasteiger partial charge is 0.348 e. The average molecular weight is 311 g/mol. The molecule has 0 aromatic heterocycles. The molecule has 0 aliphatic rings. The number of carbonyl (C=O) groups excluding carboxylic acids is 1. The van der Waals surface area contributed by atoms with E-state index >= 15 is 0 Å². The number of nitrogens with one attached hydrogen (secondary N) is 1. The lowest BCUT2D eigenvalue weighted by molar-refractivity contribution is -0.0328. The van der Waals surface area contributed by atoms with Crippen molar-refractivity contribution in [3.8, 4) is 0 Å². The fourth-order valence-corrected chi connectivity index (χ4v) is 2.41. The van der Waals surface area contributed by atoms with E-state index in [0.717, 1.165) is 5.56 Å². The Kier molecular flexibility index (Phi) is 4.90. The first-order valence-electron chi connectivity index (χ1n) is 6.12. The molecule has 0 saturated heterocycles. The van der Waals surface area contributed by atoms with E-state index in [1.165, 1.54) is 24.3 Å². The SMILES string of the molecule is O=C(NCc1ccccc1)c1ccccc1SC(F)(F)F. The highest BCUT2D eigenvalue weighted by atomic mass is 32.2. The van der Waals surface area contributed by atoms with E-state index in [2.05, 4.69) is 5.32 Å². The summed E-state index contributed by atoms with van der Waals surface area (Å²) in [5, 5.41) is 2.62. The molecule has 0 aliphatic heterocycles. The number of benzene rings is 2. The van der Waals surface area contributed by atoms with Gasteiger partial charge in [-0.1, -0.05) is 42.5 Å². The molecule has 0 saturated carbocycles. The van der Waals surface area contributed by atoms with Gasteiger partial charge >= 0.3 is 5.51 Å². The van der Waals surface area contributed by atoms with Crippen molar-refractivity contribution in [1.82, 2.24) is 5.32 Å². The van der Waals surface area contributed by atoms with Crippen LogP contribution in [0.25, 0.3) is 0 Å². The molecule has 2 rings (SSSR count). The second kappa shape index (κ2) is 6.67. The summed E-state index contributed by atoms with van der Waals surface area (Å²) in [7, 11) is 0. The van der Waals surface area contributed by atoms with Crippen molar-refractivity contribution in [2.45, 2.75) is 16.9 Å². The fraction of sp³-hybridized carbons (Fsp3) is 0.133. The zero-order chi connectivity index (χ0) is 15.3. The van der Waals surface area contributed by atoms with Crippen LogP contribution in [0.3, 0.4) is 0 Å². The summed E-state index contributed by atoms with van der Waals surface area (Å²) < 4.78 is 37.4. The van der Waals surface area contributed by atoms with Crippen LogP contribution in [0.15, 0.2) is 59.5 Å². The maximum absolute atomic E-state index is 12.5. The third-order valence-corrected chi connectivity index (χ3v) is 3.46. The van der Waals surface area contributed by atoms with E-state index in [0.29, 0.717) is 0 Å². The van der Waals surface area contributed by atoms with Crippen LogP contribution >= 0.6 is 11.8 Å². The number of hydrogen-bond donors (Lipinski definition) is 1. The summed E-state index contributed by atoms with van der Waals surface area (Å²) in [5.74, 6) is -0.522. The molecule has 0 bridgehead atoms. The standard InChI is InChI=1S/C15H12F3NOS/c16-15(17,18)21-13-9-5-4-8-12(13)14(20)19-10-11-6-2-1-3-7-11/h1-9H,10H2,(H,19,20). The summed E-state index contributed by atoms with van der Waals surface area (Å²) in [4.78, 5) is 11.9. The van der Waals surface area contributed by atoms with E-state index in [1.54, 1.807) is 0 Å². The molecule has 110 valence electrons. The lowest BCUT2D eigenvalue weighted by atomic mass is 10.2. The molecule has 0 heterocycles. The summed E-state index contributed by atoms with van der Waals surface area (Å²) >= 11 is -0.283. The van der Waals surface area contributed by atoms with Crippen molar-refractivity contribution >= 4 is 17.7 Å². The van der Waals surface area contributed by atoms with Crippen molar-refractivity contribution in [3.05, 3.63) is 65.7 Å². The highest BCUT2D eigenvalue weighted by Crippen LogP contribution is 2.38. The van der Waals surface area contributed by atoms with Crippen LogP contribution in [-0.4, -0.2) is 11.4 Å². The van der Waals surface area contributed by atoms with Gasteiger partial charge in [-0.25, -0.2) is 0 Å². The van der Waals surface area contributed by atoms with Gasteiger partial charge in [0.25, 0.3) is 5.91 Å². The molecule has 0 atom stereocenters. The average Bonchev–Trinajstić information content (AvgIpc) is 2.45. The van der Waals surface area contributed by atoms with Gasteiger partial charge in [-0.2, -0.15) is 13.2 Å². The molecule has 0 fully saturated rings. The molecule has 6 heteroatoms. The van der Waals surface area contributed by atoms with Gasteiger partial charge in [0.1, 0.15) is 0 Å². The first kappa shape index (κ1) is 15.4. The van der Waals surface area contributed by atoms with Gasteiger partial charge in [-0.05, 0) is 29.5 Å². The van der Waals surface area contributed by atoms with Gasteiger partial charge in [-0.15, -0.1) is 0 Å². The number of amides is 1. The Morgan fingerprint density at radius 2 is 1.62 bits per heavy atom. The summed E-state index contributed by atoms with van der Waals surface area (Å²) in [6, 6.07) is 14.8. The zero-order valence-electron chi connectivity index (χ0n) is 10.9. The van der Waals surface area contributed by atoms with Crippen molar-refractivity contribution in [2.24, 2.45) is 0 Å². The normalized spacial score (nSPS) is 11.2. The van der Waals surface area contributed by atoms with Crippen molar-refractivity contribution in [1.29, 1.82) is 0 Å². The molecule has 0 radical (unpaired) electrons. The topological polar surface area (TPSA) is 29.1 Å². The largest absolute Gasteiger partial charge is 0.446 e.